The van der Waals surface area contributed by atoms with Crippen LogP contribution in [-0.4, -0.2) is 31.8 Å². The van der Waals surface area contributed by atoms with Gasteiger partial charge in [0.2, 0.25) is 0 Å². The Morgan fingerprint density at radius 3 is 2.29 bits per heavy atom. The molecule has 0 saturated carbocycles. The molecule has 0 fully saturated rings. The van der Waals surface area contributed by atoms with Crippen LogP contribution in [0.2, 0.25) is 0 Å². The molecule has 10 heteroatoms. The van der Waals surface area contributed by atoms with E-state index in [0.717, 1.165) is 0 Å². The van der Waals surface area contributed by atoms with Crippen LogP contribution in [0.15, 0.2) is 0 Å². The molecule has 0 amide bonds. The molecule has 0 bridgehead atoms. The van der Waals surface area contributed by atoms with E-state index < -0.39 is 27.1 Å². The summed E-state index contributed by atoms with van der Waals surface area (Å²) < 4.78 is 24.9. The lowest BCUT2D eigenvalue weighted by Gasteiger charge is -2.15. The van der Waals surface area contributed by atoms with Gasteiger partial charge < -0.3 is 20.6 Å². The van der Waals surface area contributed by atoms with Gasteiger partial charge in [-0.15, -0.1) is 0 Å². The smallest absolute Gasteiger partial charge is 0.337 e. The standard InChI is InChI=1S/C4H11NO7P2/c5-3-1-2-4(6,13(8)12-7)14(9,10)11/h6H,1-3,5H2,(H2-,7,9,10,11)/p+1. The molecule has 0 aromatic heterocycles. The Hall–Kier alpha value is 0.0900. The molecule has 14 heavy (non-hydrogen) atoms. The summed E-state index contributed by atoms with van der Waals surface area (Å²) in [5.41, 5.74) is 5.06. The Kier molecular flexibility index (Phi) is 5.28. The molecule has 6 N–H and O–H groups in total. The highest BCUT2D eigenvalue weighted by atomic mass is 31.2. The first-order valence-electron chi connectivity index (χ1n) is 3.56. The number of hydrogen-bond acceptors (Lipinski definition) is 6. The van der Waals surface area contributed by atoms with Crippen LogP contribution >= 0.6 is 15.6 Å². The van der Waals surface area contributed by atoms with Crippen LogP contribution in [0.5, 0.6) is 0 Å². The summed E-state index contributed by atoms with van der Waals surface area (Å²) in [5.74, 6) is 0. The van der Waals surface area contributed by atoms with Crippen LogP contribution in [0.4, 0.5) is 0 Å². The maximum atomic E-state index is 10.9. The van der Waals surface area contributed by atoms with Gasteiger partial charge in [0, 0.05) is 11.1 Å². The van der Waals surface area contributed by atoms with E-state index in [0.29, 0.717) is 0 Å². The first-order valence-corrected chi connectivity index (χ1v) is 6.35. The Morgan fingerprint density at radius 1 is 1.50 bits per heavy atom. The molecule has 0 aromatic carbocycles. The molecule has 2 atom stereocenters. The largest absolute Gasteiger partial charge is 0.588 e. The van der Waals surface area contributed by atoms with Gasteiger partial charge >= 0.3 is 20.7 Å². The van der Waals surface area contributed by atoms with E-state index in [1.54, 1.807) is 0 Å². The van der Waals surface area contributed by atoms with E-state index in [-0.39, 0.29) is 13.0 Å². The first-order chi connectivity index (χ1) is 6.29. The third-order valence-electron chi connectivity index (χ3n) is 1.55. The third kappa shape index (κ3) is 3.05. The van der Waals surface area contributed by atoms with Gasteiger partial charge in [-0.3, -0.25) is 4.57 Å². The molecule has 2 unspecified atom stereocenters. The van der Waals surface area contributed by atoms with Gasteiger partial charge in [0.25, 0.3) is 0 Å². The highest BCUT2D eigenvalue weighted by Crippen LogP contribution is 2.63. The van der Waals surface area contributed by atoms with Crippen molar-refractivity contribution in [3.8, 4) is 0 Å². The van der Waals surface area contributed by atoms with Crippen molar-refractivity contribution in [2.45, 2.75) is 17.9 Å². The Morgan fingerprint density at radius 2 is 2.00 bits per heavy atom. The van der Waals surface area contributed by atoms with E-state index in [2.05, 4.69) is 4.67 Å². The van der Waals surface area contributed by atoms with Gasteiger partial charge in [-0.1, -0.05) is 0 Å². The van der Waals surface area contributed by atoms with Crippen molar-refractivity contribution >= 4 is 15.6 Å². The molecule has 0 rings (SSSR count). The predicted molar refractivity (Wildman–Crippen MR) is 46.6 cm³/mol. The van der Waals surface area contributed by atoms with Crippen LogP contribution in [0.25, 0.3) is 0 Å². The van der Waals surface area contributed by atoms with Crippen molar-refractivity contribution in [1.82, 2.24) is 0 Å². The summed E-state index contributed by atoms with van der Waals surface area (Å²) in [4.78, 5) is 17.4. The molecule has 8 nitrogen and oxygen atoms in total. The summed E-state index contributed by atoms with van der Waals surface area (Å²) >= 11 is 0. The molecule has 84 valence electrons. The van der Waals surface area contributed by atoms with Gasteiger partial charge in [0.15, 0.2) is 0 Å². The zero-order valence-corrected chi connectivity index (χ0v) is 8.90. The van der Waals surface area contributed by atoms with Crippen LogP contribution in [0.1, 0.15) is 12.8 Å². The lowest BCUT2D eigenvalue weighted by atomic mass is 10.3. The number of rotatable bonds is 6. The molecule has 0 saturated heterocycles. The summed E-state index contributed by atoms with van der Waals surface area (Å²) in [5, 5.41) is 14.5. The monoisotopic (exact) mass is 248 g/mol. The molecule has 0 aromatic rings. The second-order valence-corrected chi connectivity index (χ2v) is 6.15. The van der Waals surface area contributed by atoms with Crippen molar-refractivity contribution in [2.24, 2.45) is 5.73 Å². The van der Waals surface area contributed by atoms with Gasteiger partial charge in [0.05, 0.1) is 0 Å². The molecule has 0 radical (unpaired) electrons. The molecule has 0 aliphatic rings. The minimum atomic E-state index is -5.06. The van der Waals surface area contributed by atoms with Crippen LogP contribution in [0.3, 0.4) is 0 Å². The fourth-order valence-corrected chi connectivity index (χ4v) is 2.63. The topological polar surface area (TPSA) is 150 Å². The van der Waals surface area contributed by atoms with Crippen molar-refractivity contribution < 1.29 is 34.0 Å². The zero-order chi connectivity index (χ0) is 11.4. The SMILES string of the molecule is NCCCC(O)([P+](=O)OO)P(=O)(O)O. The van der Waals surface area contributed by atoms with Crippen molar-refractivity contribution in [3.63, 3.8) is 0 Å². The quantitative estimate of drug-likeness (QED) is 0.246. The number of aliphatic hydroxyl groups is 1. The summed E-state index contributed by atoms with van der Waals surface area (Å²) in [6.07, 6.45) is -0.490. The second-order valence-electron chi connectivity index (χ2n) is 2.55. The molecule has 0 heterocycles. The predicted octanol–water partition coefficient (Wildman–Crippen LogP) is -0.219. The zero-order valence-electron chi connectivity index (χ0n) is 7.11. The van der Waals surface area contributed by atoms with Crippen LogP contribution < -0.4 is 5.73 Å². The fraction of sp³-hybridized carbons (Fsp3) is 1.00. The van der Waals surface area contributed by atoms with E-state index >= 15 is 0 Å². The average molecular weight is 248 g/mol. The highest BCUT2D eigenvalue weighted by Gasteiger charge is 2.64. The maximum Gasteiger partial charge on any atom is 0.588 e. The van der Waals surface area contributed by atoms with Gasteiger partial charge in [0.1, 0.15) is 0 Å². The van der Waals surface area contributed by atoms with Gasteiger partial charge in [-0.05, 0) is 17.5 Å². The van der Waals surface area contributed by atoms with Gasteiger partial charge in [-0.25, -0.2) is 5.26 Å². The average Bonchev–Trinajstić information content (AvgIpc) is 2.10. The second kappa shape index (κ2) is 5.25. The van der Waals surface area contributed by atoms with Crippen LogP contribution in [0, 0.1) is 0 Å². The molecular weight excluding hydrogens is 236 g/mol. The maximum absolute atomic E-state index is 10.9. The number of hydrogen-bond donors (Lipinski definition) is 5. The summed E-state index contributed by atoms with van der Waals surface area (Å²) in [6, 6.07) is 0. The first kappa shape index (κ1) is 14.1. The van der Waals surface area contributed by atoms with E-state index in [1.165, 1.54) is 0 Å². The van der Waals surface area contributed by atoms with Gasteiger partial charge in [-0.2, -0.15) is 0 Å². The van der Waals surface area contributed by atoms with E-state index in [1.807, 2.05) is 0 Å². The minimum absolute atomic E-state index is 0.0338. The van der Waals surface area contributed by atoms with E-state index in [4.69, 9.17) is 20.8 Å². The molecule has 0 aliphatic carbocycles. The lowest BCUT2D eigenvalue weighted by Crippen LogP contribution is -2.25. The fourth-order valence-electron chi connectivity index (χ4n) is 0.748. The normalized spacial score (nSPS) is 17.6. The van der Waals surface area contributed by atoms with Crippen LogP contribution in [-0.2, 0) is 13.8 Å². The molecule has 0 aliphatic heterocycles. The summed E-state index contributed by atoms with van der Waals surface area (Å²) in [7, 11) is -8.34. The Bertz CT molecular complexity index is 252. The number of nitrogens with two attached hydrogens (primary N) is 1. The van der Waals surface area contributed by atoms with Crippen molar-refractivity contribution in [2.75, 3.05) is 6.54 Å². The van der Waals surface area contributed by atoms with E-state index in [9.17, 15) is 14.2 Å². The highest BCUT2D eigenvalue weighted by molar-refractivity contribution is 7.66. The summed E-state index contributed by atoms with van der Waals surface area (Å²) in [6.45, 7) is 0.0525. The molecule has 0 spiro atoms. The Balaban J connectivity index is 4.86. The Labute approximate surface area is 80.6 Å². The third-order valence-corrected chi connectivity index (χ3v) is 4.93. The van der Waals surface area contributed by atoms with Crippen molar-refractivity contribution in [3.05, 3.63) is 0 Å². The molecular formula is C4H12NO7P2+. The lowest BCUT2D eigenvalue weighted by molar-refractivity contribution is -0.136. The minimum Gasteiger partial charge on any atom is -0.337 e. The van der Waals surface area contributed by atoms with Crippen molar-refractivity contribution in [1.29, 1.82) is 0 Å².